The number of nitrogens with zero attached hydrogens (tertiary/aromatic N) is 1. The van der Waals surface area contributed by atoms with Gasteiger partial charge in [-0.05, 0) is 49.1 Å². The molecule has 3 rings (SSSR count). The molecular weight excluding hydrogens is 258 g/mol. The summed E-state index contributed by atoms with van der Waals surface area (Å²) in [4.78, 5) is 14.4. The van der Waals surface area contributed by atoms with Crippen molar-refractivity contribution in [1.29, 1.82) is 0 Å². The second kappa shape index (κ2) is 5.54. The third-order valence-electron chi connectivity index (χ3n) is 4.17. The highest BCUT2D eigenvalue weighted by atomic mass is 35.5. The van der Waals surface area contributed by atoms with Crippen LogP contribution in [0.25, 0.3) is 0 Å². The average molecular weight is 278 g/mol. The van der Waals surface area contributed by atoms with Crippen LogP contribution in [-0.2, 0) is 4.79 Å². The summed E-state index contributed by atoms with van der Waals surface area (Å²) in [6, 6.07) is 8.19. The molecule has 0 N–H and O–H groups in total. The number of halogens is 1. The van der Waals surface area contributed by atoms with Crippen molar-refractivity contribution < 1.29 is 4.79 Å². The number of amides is 1. The summed E-state index contributed by atoms with van der Waals surface area (Å²) >= 11 is 6.48. The molecule has 1 aromatic carbocycles. The van der Waals surface area contributed by atoms with Crippen molar-refractivity contribution >= 4 is 17.5 Å². The van der Waals surface area contributed by atoms with E-state index >= 15 is 0 Å². The smallest absolute Gasteiger partial charge is 0.245 e. The molecule has 0 radical (unpaired) electrons. The van der Waals surface area contributed by atoms with Crippen molar-refractivity contribution in [3.05, 3.63) is 35.4 Å². The summed E-state index contributed by atoms with van der Waals surface area (Å²) in [7, 11) is 0. The number of carbonyl (C=O) groups excluding carboxylic acids is 1. The van der Waals surface area contributed by atoms with E-state index in [-0.39, 0.29) is 5.91 Å². The molecule has 1 aliphatic carbocycles. The van der Waals surface area contributed by atoms with Crippen LogP contribution < -0.4 is 0 Å². The number of hydrogen-bond donors (Lipinski definition) is 0. The number of carbonyl (C=O) groups is 1. The fourth-order valence-electron chi connectivity index (χ4n) is 2.92. The minimum atomic E-state index is -0.505. The van der Waals surface area contributed by atoms with Crippen molar-refractivity contribution in [2.45, 2.75) is 43.4 Å². The first-order chi connectivity index (χ1) is 9.27. The maximum atomic E-state index is 12.5. The Balaban J connectivity index is 1.78. The summed E-state index contributed by atoms with van der Waals surface area (Å²) in [5.74, 6) is 0.723. The first kappa shape index (κ1) is 13.0. The summed E-state index contributed by atoms with van der Waals surface area (Å²) in [6.45, 7) is 1.74. The second-order valence-electron chi connectivity index (χ2n) is 5.65. The molecule has 3 heteroatoms. The number of likely N-dealkylation sites (tertiary alicyclic amines) is 1. The van der Waals surface area contributed by atoms with Gasteiger partial charge in [0.15, 0.2) is 0 Å². The van der Waals surface area contributed by atoms with Crippen LogP contribution in [0.2, 0.25) is 0 Å². The monoisotopic (exact) mass is 277 g/mol. The van der Waals surface area contributed by atoms with Crippen LogP contribution in [0.3, 0.4) is 0 Å². The highest BCUT2D eigenvalue weighted by Crippen LogP contribution is 2.44. The molecule has 102 valence electrons. The Morgan fingerprint density at radius 3 is 2.53 bits per heavy atom. The molecular formula is C16H20ClNO. The number of piperidine rings is 1. The lowest BCUT2D eigenvalue weighted by Crippen LogP contribution is -2.37. The van der Waals surface area contributed by atoms with Crippen LogP contribution in [0.4, 0.5) is 0 Å². The Labute approximate surface area is 119 Å². The summed E-state index contributed by atoms with van der Waals surface area (Å²) in [5, 5.41) is -0.505. The quantitative estimate of drug-likeness (QED) is 0.769. The van der Waals surface area contributed by atoms with Crippen molar-refractivity contribution in [3.8, 4) is 0 Å². The van der Waals surface area contributed by atoms with Gasteiger partial charge >= 0.3 is 0 Å². The van der Waals surface area contributed by atoms with Gasteiger partial charge in [0, 0.05) is 13.1 Å². The van der Waals surface area contributed by atoms with E-state index in [2.05, 4.69) is 6.07 Å². The Kier molecular flexibility index (Phi) is 3.79. The standard InChI is InChI=1S/C16H20ClNO/c17-15(16(19)18-10-4-1-5-11-18)14-7-3-2-6-13(14)12-8-9-12/h2-3,6-7,12,15H,1,4-5,8-11H2. The lowest BCUT2D eigenvalue weighted by atomic mass is 9.99. The molecule has 1 unspecified atom stereocenters. The molecule has 1 heterocycles. The number of alkyl halides is 1. The van der Waals surface area contributed by atoms with Gasteiger partial charge in [0.1, 0.15) is 5.38 Å². The largest absolute Gasteiger partial charge is 0.341 e. The van der Waals surface area contributed by atoms with E-state index in [0.717, 1.165) is 31.5 Å². The molecule has 2 aliphatic rings. The molecule has 1 aliphatic heterocycles. The van der Waals surface area contributed by atoms with E-state index in [1.54, 1.807) is 0 Å². The topological polar surface area (TPSA) is 20.3 Å². The number of benzene rings is 1. The van der Waals surface area contributed by atoms with Crippen molar-refractivity contribution in [2.24, 2.45) is 0 Å². The SMILES string of the molecule is O=C(C(Cl)c1ccccc1C1CC1)N1CCCCC1. The Morgan fingerprint density at radius 1 is 1.16 bits per heavy atom. The predicted molar refractivity (Wildman–Crippen MR) is 77.4 cm³/mol. The van der Waals surface area contributed by atoms with E-state index < -0.39 is 5.38 Å². The van der Waals surface area contributed by atoms with Crippen molar-refractivity contribution in [3.63, 3.8) is 0 Å². The van der Waals surface area contributed by atoms with E-state index in [4.69, 9.17) is 11.6 Å². The third kappa shape index (κ3) is 2.79. The molecule has 2 nitrogen and oxygen atoms in total. The highest BCUT2D eigenvalue weighted by molar-refractivity contribution is 6.30. The molecule has 0 bridgehead atoms. The zero-order valence-electron chi connectivity index (χ0n) is 11.1. The van der Waals surface area contributed by atoms with Gasteiger partial charge in [0.25, 0.3) is 0 Å². The molecule has 1 amide bonds. The molecule has 1 saturated carbocycles. The Bertz CT molecular complexity index is 464. The Morgan fingerprint density at radius 2 is 1.84 bits per heavy atom. The lowest BCUT2D eigenvalue weighted by molar-refractivity contribution is -0.131. The highest BCUT2D eigenvalue weighted by Gasteiger charge is 2.31. The average Bonchev–Trinajstić information content (AvgIpc) is 3.31. The van der Waals surface area contributed by atoms with Gasteiger partial charge in [-0.3, -0.25) is 4.79 Å². The fraction of sp³-hybridized carbons (Fsp3) is 0.562. The molecule has 0 spiro atoms. The van der Waals surface area contributed by atoms with Gasteiger partial charge in [-0.25, -0.2) is 0 Å². The van der Waals surface area contributed by atoms with Crippen molar-refractivity contribution in [2.75, 3.05) is 13.1 Å². The normalized spacial score (nSPS) is 21.2. The minimum Gasteiger partial charge on any atom is -0.341 e. The van der Waals surface area contributed by atoms with Crippen molar-refractivity contribution in [1.82, 2.24) is 4.90 Å². The van der Waals surface area contributed by atoms with Gasteiger partial charge in [0.2, 0.25) is 5.91 Å². The Hall–Kier alpha value is -1.02. The maximum absolute atomic E-state index is 12.5. The van der Waals surface area contributed by atoms with Crippen LogP contribution in [0.5, 0.6) is 0 Å². The van der Waals surface area contributed by atoms with Crippen LogP contribution in [0, 0.1) is 0 Å². The van der Waals surface area contributed by atoms with E-state index in [1.807, 2.05) is 23.1 Å². The van der Waals surface area contributed by atoms with Crippen LogP contribution in [0.15, 0.2) is 24.3 Å². The van der Waals surface area contributed by atoms with Gasteiger partial charge in [-0.15, -0.1) is 11.6 Å². The van der Waals surface area contributed by atoms with E-state index in [1.165, 1.54) is 24.8 Å². The van der Waals surface area contributed by atoms with Gasteiger partial charge < -0.3 is 4.90 Å². The van der Waals surface area contributed by atoms with E-state index in [0.29, 0.717) is 5.92 Å². The molecule has 1 saturated heterocycles. The number of rotatable bonds is 3. The van der Waals surface area contributed by atoms with Gasteiger partial charge in [0.05, 0.1) is 0 Å². The third-order valence-corrected chi connectivity index (χ3v) is 4.59. The first-order valence-corrected chi connectivity index (χ1v) is 7.72. The molecule has 0 aromatic heterocycles. The molecule has 1 aromatic rings. The van der Waals surface area contributed by atoms with E-state index in [9.17, 15) is 4.79 Å². The summed E-state index contributed by atoms with van der Waals surface area (Å²) in [6.07, 6.45) is 5.92. The molecule has 19 heavy (non-hydrogen) atoms. The predicted octanol–water partition coefficient (Wildman–Crippen LogP) is 3.86. The minimum absolute atomic E-state index is 0.0921. The maximum Gasteiger partial charge on any atom is 0.245 e. The molecule has 2 fully saturated rings. The molecule has 1 atom stereocenters. The number of hydrogen-bond acceptors (Lipinski definition) is 1. The summed E-state index contributed by atoms with van der Waals surface area (Å²) < 4.78 is 0. The van der Waals surface area contributed by atoms with Crippen LogP contribution in [-0.4, -0.2) is 23.9 Å². The first-order valence-electron chi connectivity index (χ1n) is 7.29. The fourth-order valence-corrected chi connectivity index (χ4v) is 3.25. The van der Waals surface area contributed by atoms with Gasteiger partial charge in [-0.1, -0.05) is 24.3 Å². The summed E-state index contributed by atoms with van der Waals surface area (Å²) in [5.41, 5.74) is 2.31. The zero-order valence-corrected chi connectivity index (χ0v) is 11.9. The van der Waals surface area contributed by atoms with Gasteiger partial charge in [-0.2, -0.15) is 0 Å². The lowest BCUT2D eigenvalue weighted by Gasteiger charge is -2.29. The second-order valence-corrected chi connectivity index (χ2v) is 6.09. The van der Waals surface area contributed by atoms with Crippen LogP contribution in [0.1, 0.15) is 54.5 Å². The van der Waals surface area contributed by atoms with Crippen LogP contribution >= 0.6 is 11.6 Å². The zero-order chi connectivity index (χ0) is 13.2.